The van der Waals surface area contributed by atoms with Crippen LogP contribution in [0.25, 0.3) is 0 Å². The van der Waals surface area contributed by atoms with Gasteiger partial charge < -0.3 is 19.8 Å². The highest BCUT2D eigenvalue weighted by Gasteiger charge is 2.14. The number of carboxylic acid groups (broad SMARTS) is 1. The lowest BCUT2D eigenvalue weighted by Crippen LogP contribution is -2.42. The van der Waals surface area contributed by atoms with Gasteiger partial charge in [0.05, 0.1) is 6.54 Å². The first kappa shape index (κ1) is 12.0. The van der Waals surface area contributed by atoms with E-state index >= 15 is 0 Å². The van der Waals surface area contributed by atoms with Crippen molar-refractivity contribution >= 4 is 12.0 Å². The Hall–Kier alpha value is -2.05. The molecular formula is C9H13N3O4. The summed E-state index contributed by atoms with van der Waals surface area (Å²) < 4.78 is 4.59. The van der Waals surface area contributed by atoms with E-state index in [4.69, 9.17) is 5.11 Å². The molecule has 0 atom stereocenters. The molecule has 16 heavy (non-hydrogen) atoms. The van der Waals surface area contributed by atoms with Gasteiger partial charge in [-0.25, -0.2) is 4.79 Å². The van der Waals surface area contributed by atoms with Crippen LogP contribution in [0.4, 0.5) is 4.79 Å². The molecule has 0 spiro atoms. The highest BCUT2D eigenvalue weighted by atomic mass is 16.5. The Labute approximate surface area is 92.0 Å². The van der Waals surface area contributed by atoms with Gasteiger partial charge in [0.2, 0.25) is 0 Å². The first-order valence-corrected chi connectivity index (χ1v) is 4.77. The number of hydrogen-bond acceptors (Lipinski definition) is 4. The normalized spacial score (nSPS) is 9.81. The second-order valence-corrected chi connectivity index (χ2v) is 3.06. The maximum Gasteiger partial charge on any atom is 0.323 e. The number of carboxylic acids is 1. The molecule has 0 fully saturated rings. The van der Waals surface area contributed by atoms with Gasteiger partial charge in [-0.05, 0) is 6.92 Å². The zero-order valence-corrected chi connectivity index (χ0v) is 8.84. The van der Waals surface area contributed by atoms with Crippen LogP contribution >= 0.6 is 0 Å². The maximum atomic E-state index is 11.5. The topological polar surface area (TPSA) is 95.7 Å². The number of rotatable bonds is 5. The van der Waals surface area contributed by atoms with Gasteiger partial charge >= 0.3 is 12.0 Å². The van der Waals surface area contributed by atoms with E-state index in [2.05, 4.69) is 15.0 Å². The Morgan fingerprint density at radius 3 is 2.88 bits per heavy atom. The summed E-state index contributed by atoms with van der Waals surface area (Å²) in [5.74, 6) is -1.04. The smallest absolute Gasteiger partial charge is 0.323 e. The molecule has 1 rings (SSSR count). The summed E-state index contributed by atoms with van der Waals surface area (Å²) in [7, 11) is 0. The summed E-state index contributed by atoms with van der Waals surface area (Å²) in [6.45, 7) is 1.93. The highest BCUT2D eigenvalue weighted by molar-refractivity contribution is 5.79. The maximum absolute atomic E-state index is 11.5. The van der Waals surface area contributed by atoms with Crippen molar-refractivity contribution in [3.8, 4) is 0 Å². The molecule has 7 heteroatoms. The zero-order valence-electron chi connectivity index (χ0n) is 8.84. The van der Waals surface area contributed by atoms with Gasteiger partial charge in [0.1, 0.15) is 18.5 Å². The lowest BCUT2D eigenvalue weighted by Gasteiger charge is -2.18. The van der Waals surface area contributed by atoms with Crippen LogP contribution in [0.1, 0.15) is 12.6 Å². The number of amides is 2. The van der Waals surface area contributed by atoms with Crippen LogP contribution < -0.4 is 5.32 Å². The fraction of sp³-hybridized carbons (Fsp3) is 0.444. The minimum absolute atomic E-state index is 0.214. The molecule has 88 valence electrons. The van der Waals surface area contributed by atoms with Crippen LogP contribution in [0.5, 0.6) is 0 Å². The Morgan fingerprint density at radius 2 is 2.38 bits per heavy atom. The van der Waals surface area contributed by atoms with Crippen molar-refractivity contribution in [3.05, 3.63) is 18.0 Å². The van der Waals surface area contributed by atoms with Crippen molar-refractivity contribution in [1.29, 1.82) is 0 Å². The summed E-state index contributed by atoms with van der Waals surface area (Å²) in [5.41, 5.74) is 0.583. The van der Waals surface area contributed by atoms with Crippen LogP contribution in [-0.4, -0.2) is 40.3 Å². The number of carbonyl (C=O) groups is 2. The summed E-state index contributed by atoms with van der Waals surface area (Å²) in [6, 6.07) is 1.18. The molecule has 0 aromatic carbocycles. The van der Waals surface area contributed by atoms with E-state index in [9.17, 15) is 9.59 Å². The van der Waals surface area contributed by atoms with E-state index in [0.717, 1.165) is 0 Å². The number of aliphatic carboxylic acids is 1. The van der Waals surface area contributed by atoms with Gasteiger partial charge in [0, 0.05) is 12.6 Å². The minimum Gasteiger partial charge on any atom is -0.480 e. The van der Waals surface area contributed by atoms with Crippen molar-refractivity contribution in [2.24, 2.45) is 0 Å². The number of likely N-dealkylation sites (N-methyl/N-ethyl adjacent to an activating group) is 1. The third-order valence-electron chi connectivity index (χ3n) is 1.91. The van der Waals surface area contributed by atoms with Gasteiger partial charge in [0.25, 0.3) is 0 Å². The lowest BCUT2D eigenvalue weighted by atomic mass is 10.4. The molecule has 0 radical (unpaired) electrons. The number of nitrogens with one attached hydrogen (secondary N) is 1. The second-order valence-electron chi connectivity index (χ2n) is 3.06. The molecule has 1 heterocycles. The van der Waals surface area contributed by atoms with E-state index in [0.29, 0.717) is 12.2 Å². The van der Waals surface area contributed by atoms with Gasteiger partial charge in [0.15, 0.2) is 0 Å². The third-order valence-corrected chi connectivity index (χ3v) is 1.91. The Morgan fingerprint density at radius 1 is 1.62 bits per heavy atom. The molecule has 0 saturated heterocycles. The van der Waals surface area contributed by atoms with Crippen molar-refractivity contribution in [3.63, 3.8) is 0 Å². The molecule has 7 nitrogen and oxygen atoms in total. The molecule has 0 bridgehead atoms. The summed E-state index contributed by atoms with van der Waals surface area (Å²) >= 11 is 0. The monoisotopic (exact) mass is 227 g/mol. The third kappa shape index (κ3) is 3.60. The van der Waals surface area contributed by atoms with Crippen LogP contribution in [0.2, 0.25) is 0 Å². The standard InChI is InChI=1S/C9H13N3O4/c1-2-12(6-8(13)14)9(15)10-5-7-3-4-16-11-7/h3-4H,2,5-6H2,1H3,(H,10,15)(H,13,14). The average molecular weight is 227 g/mol. The molecule has 0 aliphatic carbocycles. The largest absolute Gasteiger partial charge is 0.480 e. The molecular weight excluding hydrogens is 214 g/mol. The van der Waals surface area contributed by atoms with Crippen molar-refractivity contribution in [2.45, 2.75) is 13.5 Å². The predicted octanol–water partition coefficient (Wildman–Crippen LogP) is 0.291. The summed E-state index contributed by atoms with van der Waals surface area (Å²) in [4.78, 5) is 23.1. The SMILES string of the molecule is CCN(CC(=O)O)C(=O)NCc1ccon1. The number of urea groups is 1. The second kappa shape index (κ2) is 5.74. The molecule has 0 unspecified atom stereocenters. The molecule has 0 aliphatic rings. The van der Waals surface area contributed by atoms with Gasteiger partial charge in [-0.2, -0.15) is 0 Å². The van der Waals surface area contributed by atoms with Gasteiger partial charge in [-0.15, -0.1) is 0 Å². The van der Waals surface area contributed by atoms with Crippen LogP contribution in [0.3, 0.4) is 0 Å². The van der Waals surface area contributed by atoms with Crippen molar-refractivity contribution in [1.82, 2.24) is 15.4 Å². The molecule has 1 aromatic rings. The van der Waals surface area contributed by atoms with E-state index in [1.54, 1.807) is 13.0 Å². The lowest BCUT2D eigenvalue weighted by molar-refractivity contribution is -0.137. The van der Waals surface area contributed by atoms with Crippen LogP contribution in [0.15, 0.2) is 16.9 Å². The van der Waals surface area contributed by atoms with Gasteiger partial charge in [-0.3, -0.25) is 4.79 Å². The number of hydrogen-bond donors (Lipinski definition) is 2. The first-order valence-electron chi connectivity index (χ1n) is 4.77. The van der Waals surface area contributed by atoms with E-state index in [1.165, 1.54) is 11.2 Å². The molecule has 2 amide bonds. The zero-order chi connectivity index (χ0) is 12.0. The fourth-order valence-corrected chi connectivity index (χ4v) is 1.10. The van der Waals surface area contributed by atoms with Crippen LogP contribution in [0, 0.1) is 0 Å². The first-order chi connectivity index (χ1) is 7.63. The fourth-order valence-electron chi connectivity index (χ4n) is 1.10. The van der Waals surface area contributed by atoms with Crippen molar-refractivity contribution in [2.75, 3.05) is 13.1 Å². The number of nitrogens with zero attached hydrogens (tertiary/aromatic N) is 2. The van der Waals surface area contributed by atoms with E-state index in [-0.39, 0.29) is 13.1 Å². The number of carbonyl (C=O) groups excluding carboxylic acids is 1. The van der Waals surface area contributed by atoms with Crippen LogP contribution in [-0.2, 0) is 11.3 Å². The Kier molecular flexibility index (Phi) is 4.31. The van der Waals surface area contributed by atoms with Gasteiger partial charge in [-0.1, -0.05) is 5.16 Å². The highest BCUT2D eigenvalue weighted by Crippen LogP contribution is 1.95. The molecule has 0 saturated carbocycles. The summed E-state index contributed by atoms with van der Waals surface area (Å²) in [6.07, 6.45) is 1.40. The Balaban J connectivity index is 2.40. The molecule has 2 N–H and O–H groups in total. The molecule has 0 aliphatic heterocycles. The average Bonchev–Trinajstić information content (AvgIpc) is 2.75. The Bertz CT molecular complexity index is 350. The quantitative estimate of drug-likeness (QED) is 0.753. The predicted molar refractivity (Wildman–Crippen MR) is 53.6 cm³/mol. The number of aromatic nitrogens is 1. The molecule has 1 aromatic heterocycles. The summed E-state index contributed by atoms with van der Waals surface area (Å²) in [5, 5.41) is 14.7. The minimum atomic E-state index is -1.04. The van der Waals surface area contributed by atoms with Crippen molar-refractivity contribution < 1.29 is 19.2 Å². The van der Waals surface area contributed by atoms with E-state index in [1.807, 2.05) is 0 Å². The van der Waals surface area contributed by atoms with E-state index < -0.39 is 12.0 Å².